The standard InChI is InChI=1S/C34H48IO10Si.C29H36O10.C5H16ClISi.CH4/c1-9-15-35-46(7,8)45-23-16-24-33(18-42-24,44-20(3)36)27-29(43-30(40)21-13-11-10-12-14-21)34(41)17-22(37)19(2)25(31(34,4)5)26(38)28(39)32(23,27)6;1-14-17(31)12-29(36)24(38-25(35)16-9-7-6-8-10-16)22-27(5,23(34)21(33)20(14)26(29,3)4)18(32)11-19-28(22,13-37-19)39-15(2)30;1-4-5-7(2,3,6)8;/h10-14,22-24,26-27,29,37-38,41H,9,15-18H2,1-8H3;6-10,17-19,21-22,24,31-33,36H,11-13H2,1-5H3;4-5H2,1-3,8H3;1H4/q-1;;;/t22-,23-,24+,26+,27?,29-,32+,33-,34+;17-,18-,19+,21+,22?,24-,27+,28-,29+;;/m00../s1. The van der Waals surface area contributed by atoms with Crippen LogP contribution in [-0.2, 0) is 52.0 Å². The molecule has 6 fully saturated rings. The van der Waals surface area contributed by atoms with Crippen molar-refractivity contribution in [3.63, 3.8) is 0 Å². The Kier molecular flexibility index (Phi) is 22.9. The number of alkyl halides is 4. The van der Waals surface area contributed by atoms with Gasteiger partial charge in [-0.15, -0.1) is 0 Å². The van der Waals surface area contributed by atoms with Crippen molar-refractivity contribution in [1.29, 1.82) is 0 Å². The molecule has 7 N–H and O–H groups in total. The van der Waals surface area contributed by atoms with Crippen LogP contribution in [0.15, 0.2) is 83.0 Å². The van der Waals surface area contributed by atoms with E-state index in [2.05, 4.69) is 36.8 Å². The number of esters is 4. The van der Waals surface area contributed by atoms with E-state index in [-0.39, 0.29) is 89.0 Å². The number of hydrogen-bond acceptors (Lipinski definition) is 20. The molecule has 4 bridgehead atoms. The average Bonchev–Trinajstić information content (AvgIpc) is 0.677. The molecular weight excluding hydrogens is 1490 g/mol. The molecule has 6 aliphatic carbocycles. The summed E-state index contributed by atoms with van der Waals surface area (Å²) in [6, 6.07) is 16.4. The fourth-order valence-electron chi connectivity index (χ4n) is 16.8. The Balaban J connectivity index is 0.000000238. The number of ether oxygens (including phenoxy) is 6. The molecule has 2 aliphatic heterocycles. The fourth-order valence-corrected chi connectivity index (χ4v) is 32.6. The van der Waals surface area contributed by atoms with Crippen LogP contribution in [0, 0.1) is 33.5 Å². The first-order valence-corrected chi connectivity index (χ1v) is 55.4. The van der Waals surface area contributed by atoms with E-state index < -0.39 is 173 Å². The van der Waals surface area contributed by atoms with Gasteiger partial charge in [-0.3, -0.25) is 9.59 Å². The number of carbonyl (C=O) groups is 6. The molecule has 8 aliphatic rings. The summed E-state index contributed by atoms with van der Waals surface area (Å²) < 4.78 is 45.7. The van der Waals surface area contributed by atoms with Crippen LogP contribution < -0.4 is 20.4 Å². The van der Waals surface area contributed by atoms with Gasteiger partial charge in [0.05, 0.1) is 35.7 Å². The summed E-state index contributed by atoms with van der Waals surface area (Å²) in [5.41, 5.74) is -11.9. The van der Waals surface area contributed by atoms with Crippen LogP contribution in [0.25, 0.3) is 0 Å². The average molecular weight is 1600 g/mol. The van der Waals surface area contributed by atoms with Crippen LogP contribution in [0.5, 0.6) is 0 Å². The van der Waals surface area contributed by atoms with E-state index >= 15 is 4.79 Å². The van der Waals surface area contributed by atoms with Crippen molar-refractivity contribution < 1.29 is 118 Å². The monoisotopic (exact) mass is 1600 g/mol. The third kappa shape index (κ3) is 13.5. The molecule has 0 spiro atoms. The van der Waals surface area contributed by atoms with E-state index in [1.807, 2.05) is 0 Å². The van der Waals surface area contributed by atoms with Crippen molar-refractivity contribution in [2.45, 2.75) is 226 Å². The van der Waals surface area contributed by atoms with Gasteiger partial charge in [0.2, 0.25) is 0 Å². The first kappa shape index (κ1) is 78.3. The van der Waals surface area contributed by atoms with Crippen molar-refractivity contribution in [2.75, 3.05) is 31.9 Å². The zero-order valence-corrected chi connectivity index (χ0v) is 64.9. The van der Waals surface area contributed by atoms with E-state index in [0.29, 0.717) is 11.1 Å². The Hall–Kier alpha value is -3.08. The van der Waals surface area contributed by atoms with Gasteiger partial charge in [-0.1, -0.05) is 39.5 Å². The number of hydrogen-bond donors (Lipinski definition) is 7. The molecule has 0 radical (unpaired) electrons. The molecule has 94 heavy (non-hydrogen) atoms. The first-order chi connectivity index (χ1) is 42.8. The molecule has 0 amide bonds. The molecule has 2 heterocycles. The summed E-state index contributed by atoms with van der Waals surface area (Å²) >= 11 is -2.36. The Morgan fingerprint density at radius 1 is 0.660 bits per heavy atom. The van der Waals surface area contributed by atoms with Gasteiger partial charge in [-0.2, -0.15) is 0 Å². The number of carbonyl (C=O) groups excluding carboxylic acids is 6. The van der Waals surface area contributed by atoms with Gasteiger partial charge in [-0.05, 0) is 37.1 Å². The molecule has 25 heteroatoms. The van der Waals surface area contributed by atoms with Crippen LogP contribution in [0.2, 0.25) is 13.1 Å². The van der Waals surface area contributed by atoms with Gasteiger partial charge in [-0.25, -0.2) is 4.79 Å². The van der Waals surface area contributed by atoms with Gasteiger partial charge in [0.25, 0.3) is 0 Å². The predicted octanol–water partition coefficient (Wildman–Crippen LogP) is 3.69. The maximum absolute atomic E-state index is 15.1. The second kappa shape index (κ2) is 27.5. The van der Waals surface area contributed by atoms with E-state index in [4.69, 9.17) is 41.8 Å². The maximum atomic E-state index is 15.1. The zero-order chi connectivity index (χ0) is 69.6. The molecule has 18 atom stereocenters. The first-order valence-electron chi connectivity index (χ1n) is 32.0. The molecule has 2 saturated heterocycles. The molecule has 4 saturated carbocycles. The van der Waals surface area contributed by atoms with E-state index in [0.717, 1.165) is 10.8 Å². The SMILES string of the molecule is C.CC(=O)O[C@@]12CO[C@@H]1C[C@H](O)[C@@]1(C)C(=O)[C@H](O)C3=C(C)[C@@H](O)C[C@@](O)([C@@H](OC(=O)c4ccccc4)C12)C3(C)C.CCCI(C)(C)([SiH3])Cl.CCC[I-][Si](C)(C)O[C@H]1C[C@H]2OC[C@@]2(OC(C)=O)C2[C@H](OC(=O)c3ccccc3)[C@]3(O)C[C@H](O)C(C)=C([C@@H](O)C(=O)[C@@]21C)C3(C)C. The molecular formula is C69H104ClI2O20Si2-. The molecule has 20 nitrogen and oxygen atoms in total. The number of ketones is 2. The summed E-state index contributed by atoms with van der Waals surface area (Å²) in [4.78, 5) is 86.8. The molecule has 2 unspecified atom stereocenters. The predicted molar refractivity (Wildman–Crippen MR) is 365 cm³/mol. The minimum absolute atomic E-state index is 0. The summed E-state index contributed by atoms with van der Waals surface area (Å²) in [5.74, 6) is -9.06. The molecule has 530 valence electrons. The van der Waals surface area contributed by atoms with Crippen LogP contribution in [0.3, 0.4) is 0 Å². The Morgan fingerprint density at radius 3 is 1.38 bits per heavy atom. The van der Waals surface area contributed by atoms with Gasteiger partial charge < -0.3 is 34.6 Å². The Morgan fingerprint density at radius 2 is 1.04 bits per heavy atom. The number of aliphatic hydroxyl groups is 7. The van der Waals surface area contributed by atoms with E-state index in [1.54, 1.807) is 97.0 Å². The van der Waals surface area contributed by atoms with Gasteiger partial charge in [0.1, 0.15) is 23.9 Å². The second-order valence-corrected chi connectivity index (χ2v) is 85.9. The number of aliphatic hydroxyl groups excluding tert-OH is 5. The number of Topliss-reactive ketones (excluding diaryl/α,β-unsaturated/α-hetero) is 2. The van der Waals surface area contributed by atoms with E-state index in [1.165, 1.54) is 51.5 Å². The Labute approximate surface area is 571 Å². The normalized spacial score (nSPS) is 38.1. The van der Waals surface area contributed by atoms with Crippen LogP contribution in [0.1, 0.15) is 150 Å². The van der Waals surface area contributed by atoms with Crippen LogP contribution in [-0.4, -0.2) is 200 Å². The Bertz CT molecular complexity index is 3280. The quantitative estimate of drug-likeness (QED) is 0.0286. The number of rotatable bonds is 13. The molecule has 2 aromatic carbocycles. The number of benzene rings is 2. The van der Waals surface area contributed by atoms with E-state index in [9.17, 15) is 59.7 Å². The van der Waals surface area contributed by atoms with Crippen molar-refractivity contribution in [1.82, 2.24) is 0 Å². The van der Waals surface area contributed by atoms with Gasteiger partial charge >= 0.3 is 354 Å². The third-order valence-electron chi connectivity index (χ3n) is 21.7. The number of fused-ring (bicyclic) bond motifs is 10. The third-order valence-corrected chi connectivity index (χ3v) is 40.6. The summed E-state index contributed by atoms with van der Waals surface area (Å²) in [6.45, 7) is 23.8. The van der Waals surface area contributed by atoms with Crippen molar-refractivity contribution in [2.24, 2.45) is 33.5 Å². The van der Waals surface area contributed by atoms with Crippen molar-refractivity contribution in [3.05, 3.63) is 94.1 Å². The zero-order valence-electron chi connectivity index (χ0n) is 56.8. The van der Waals surface area contributed by atoms with Crippen molar-refractivity contribution >= 4 is 73.0 Å². The molecule has 10 rings (SSSR count). The molecule has 0 aromatic heterocycles. The summed E-state index contributed by atoms with van der Waals surface area (Å²) in [7, 11) is 7.58. The van der Waals surface area contributed by atoms with Crippen molar-refractivity contribution in [3.8, 4) is 0 Å². The summed E-state index contributed by atoms with van der Waals surface area (Å²) in [5, 5.41) is 83.2. The summed E-state index contributed by atoms with van der Waals surface area (Å²) in [6.07, 6.45) is -10.9. The van der Waals surface area contributed by atoms with Gasteiger partial charge in [0, 0.05) is 25.2 Å². The fraction of sp³-hybridized carbons (Fsp3) is 0.681. The molecule has 2 aromatic rings. The second-order valence-electron chi connectivity index (χ2n) is 29.8. The van der Waals surface area contributed by atoms with Gasteiger partial charge in [0.15, 0.2) is 11.4 Å². The number of halogens is 3. The van der Waals surface area contributed by atoms with Crippen LogP contribution in [0.4, 0.5) is 0 Å². The minimum atomic E-state index is -2.32. The topological polar surface area (TPSA) is 309 Å². The van der Waals surface area contributed by atoms with Crippen LogP contribution >= 0.6 is 24.0 Å².